The van der Waals surface area contributed by atoms with Crippen molar-refractivity contribution in [2.24, 2.45) is 5.92 Å². The maximum absolute atomic E-state index is 12.7. The summed E-state index contributed by atoms with van der Waals surface area (Å²) in [6, 6.07) is 8.18. The molecule has 0 radical (unpaired) electrons. The lowest BCUT2D eigenvalue weighted by Crippen LogP contribution is -2.52. The number of aromatic nitrogens is 1. The highest BCUT2D eigenvalue weighted by Gasteiger charge is 2.31. The average Bonchev–Trinajstić information content (AvgIpc) is 3.48. The Morgan fingerprint density at radius 3 is 2.90 bits per heavy atom. The van der Waals surface area contributed by atoms with Crippen molar-refractivity contribution in [3.8, 4) is 16.3 Å². The number of nitrogens with zero attached hydrogens (tertiary/aromatic N) is 2. The number of carbonyl (C=O) groups is 1. The second-order valence-corrected chi connectivity index (χ2v) is 8.75. The lowest BCUT2D eigenvalue weighted by Gasteiger charge is -2.37. The highest BCUT2D eigenvalue weighted by atomic mass is 32.1. The fourth-order valence-electron chi connectivity index (χ4n) is 4.24. The first-order valence-corrected chi connectivity index (χ1v) is 12.0. The zero-order chi connectivity index (χ0) is 21.5. The van der Waals surface area contributed by atoms with Gasteiger partial charge in [-0.1, -0.05) is 12.1 Å². The minimum atomic E-state index is 0.00659. The topological polar surface area (TPSA) is 72.9 Å². The number of ether oxygens (including phenoxy) is 3. The molecular weight excluding hydrogens is 414 g/mol. The van der Waals surface area contributed by atoms with Crippen LogP contribution in [0.2, 0.25) is 0 Å². The van der Waals surface area contributed by atoms with Gasteiger partial charge in [-0.2, -0.15) is 0 Å². The van der Waals surface area contributed by atoms with Crippen LogP contribution in [0.25, 0.3) is 10.6 Å². The van der Waals surface area contributed by atoms with Crippen LogP contribution in [0.5, 0.6) is 5.75 Å². The number of benzene rings is 1. The van der Waals surface area contributed by atoms with E-state index in [4.69, 9.17) is 14.2 Å². The van der Waals surface area contributed by atoms with Crippen LogP contribution in [-0.2, 0) is 20.7 Å². The first-order chi connectivity index (χ1) is 15.2. The Hall–Kier alpha value is -2.00. The van der Waals surface area contributed by atoms with Crippen molar-refractivity contribution < 1.29 is 19.0 Å². The smallest absolute Gasteiger partial charge is 0.226 e. The average molecular weight is 446 g/mol. The fraction of sp³-hybridized carbons (Fsp3) is 0.565. The maximum Gasteiger partial charge on any atom is 0.226 e. The molecule has 1 N–H and O–H groups in total. The zero-order valence-corrected chi connectivity index (χ0v) is 18.9. The summed E-state index contributed by atoms with van der Waals surface area (Å²) < 4.78 is 16.8. The SMILES string of the molecule is CCOc1ccccc1-c1nc(CC(=O)NCC(C2CCOC2)N2CCOCC2)cs1. The molecule has 2 aliphatic rings. The van der Waals surface area contributed by atoms with Gasteiger partial charge in [-0.25, -0.2) is 4.98 Å². The van der Waals surface area contributed by atoms with E-state index in [1.165, 1.54) is 0 Å². The third-order valence-electron chi connectivity index (χ3n) is 5.84. The molecule has 31 heavy (non-hydrogen) atoms. The number of hydrogen-bond donors (Lipinski definition) is 1. The highest BCUT2D eigenvalue weighted by molar-refractivity contribution is 7.13. The predicted molar refractivity (Wildman–Crippen MR) is 121 cm³/mol. The number of hydrogen-bond acceptors (Lipinski definition) is 7. The summed E-state index contributed by atoms with van der Waals surface area (Å²) in [4.78, 5) is 19.8. The minimum absolute atomic E-state index is 0.00659. The molecule has 2 saturated heterocycles. The Balaban J connectivity index is 1.35. The lowest BCUT2D eigenvalue weighted by atomic mass is 9.97. The van der Waals surface area contributed by atoms with E-state index in [2.05, 4.69) is 15.2 Å². The Kier molecular flexibility index (Phi) is 7.91. The highest BCUT2D eigenvalue weighted by Crippen LogP contribution is 2.32. The predicted octanol–water partition coefficient (Wildman–Crippen LogP) is 2.60. The van der Waals surface area contributed by atoms with Crippen LogP contribution in [-0.4, -0.2) is 74.5 Å². The molecule has 2 fully saturated rings. The molecule has 0 saturated carbocycles. The summed E-state index contributed by atoms with van der Waals surface area (Å²) in [5.41, 5.74) is 1.76. The summed E-state index contributed by atoms with van der Waals surface area (Å²) >= 11 is 1.54. The van der Waals surface area contributed by atoms with E-state index in [1.807, 2.05) is 36.6 Å². The molecule has 8 heteroatoms. The number of thiazole rings is 1. The van der Waals surface area contributed by atoms with Crippen molar-refractivity contribution in [2.75, 3.05) is 52.7 Å². The summed E-state index contributed by atoms with van der Waals surface area (Å²) in [6.45, 7) is 8.11. The monoisotopic (exact) mass is 445 g/mol. The molecule has 0 spiro atoms. The van der Waals surface area contributed by atoms with Gasteiger partial charge < -0.3 is 19.5 Å². The van der Waals surface area contributed by atoms with Crippen molar-refractivity contribution in [1.82, 2.24) is 15.2 Å². The second-order valence-electron chi connectivity index (χ2n) is 7.89. The number of para-hydroxylation sites is 1. The molecular formula is C23H31N3O4S. The normalized spacial score (nSPS) is 20.5. The van der Waals surface area contributed by atoms with Crippen LogP contribution in [0.1, 0.15) is 19.0 Å². The van der Waals surface area contributed by atoms with Crippen LogP contribution < -0.4 is 10.1 Å². The van der Waals surface area contributed by atoms with E-state index >= 15 is 0 Å². The first-order valence-electron chi connectivity index (χ1n) is 11.1. The van der Waals surface area contributed by atoms with Crippen LogP contribution in [0, 0.1) is 5.92 Å². The summed E-state index contributed by atoms with van der Waals surface area (Å²) in [6.07, 6.45) is 1.33. The third kappa shape index (κ3) is 5.83. The molecule has 1 aromatic carbocycles. The molecule has 2 atom stereocenters. The van der Waals surface area contributed by atoms with Gasteiger partial charge in [0, 0.05) is 43.6 Å². The maximum atomic E-state index is 12.7. The minimum Gasteiger partial charge on any atom is -0.493 e. The second kappa shape index (κ2) is 11.0. The van der Waals surface area contributed by atoms with E-state index in [-0.39, 0.29) is 12.3 Å². The zero-order valence-electron chi connectivity index (χ0n) is 18.0. The number of morpholine rings is 1. The molecule has 1 aromatic heterocycles. The van der Waals surface area contributed by atoms with Crippen molar-refractivity contribution in [2.45, 2.75) is 25.8 Å². The van der Waals surface area contributed by atoms with Gasteiger partial charge in [0.15, 0.2) is 0 Å². The number of rotatable bonds is 9. The third-order valence-corrected chi connectivity index (χ3v) is 6.77. The summed E-state index contributed by atoms with van der Waals surface area (Å²) in [5.74, 6) is 1.29. The van der Waals surface area contributed by atoms with Crippen LogP contribution in [0.4, 0.5) is 0 Å². The van der Waals surface area contributed by atoms with Gasteiger partial charge in [0.2, 0.25) is 5.91 Å². The van der Waals surface area contributed by atoms with Gasteiger partial charge in [-0.05, 0) is 25.5 Å². The van der Waals surface area contributed by atoms with Crippen molar-refractivity contribution in [1.29, 1.82) is 0 Å². The van der Waals surface area contributed by atoms with E-state index in [0.29, 0.717) is 25.1 Å². The lowest BCUT2D eigenvalue weighted by molar-refractivity contribution is -0.121. The van der Waals surface area contributed by atoms with Gasteiger partial charge in [-0.15, -0.1) is 11.3 Å². The van der Waals surface area contributed by atoms with Crippen molar-refractivity contribution >= 4 is 17.2 Å². The molecule has 1 amide bonds. The van der Waals surface area contributed by atoms with E-state index in [9.17, 15) is 4.79 Å². The molecule has 2 aliphatic heterocycles. The Morgan fingerprint density at radius 2 is 2.13 bits per heavy atom. The number of carbonyl (C=O) groups excluding carboxylic acids is 1. The van der Waals surface area contributed by atoms with Gasteiger partial charge in [0.05, 0.1) is 44.1 Å². The Labute approximate surface area is 187 Å². The molecule has 168 valence electrons. The van der Waals surface area contributed by atoms with E-state index in [1.54, 1.807) is 11.3 Å². The fourth-order valence-corrected chi connectivity index (χ4v) is 5.09. The van der Waals surface area contributed by atoms with Crippen LogP contribution >= 0.6 is 11.3 Å². The van der Waals surface area contributed by atoms with Crippen LogP contribution in [0.15, 0.2) is 29.6 Å². The van der Waals surface area contributed by atoms with Crippen molar-refractivity contribution in [3.05, 3.63) is 35.3 Å². The quantitative estimate of drug-likeness (QED) is 0.640. The van der Waals surface area contributed by atoms with E-state index in [0.717, 1.165) is 68.0 Å². The van der Waals surface area contributed by atoms with Gasteiger partial charge in [0.1, 0.15) is 10.8 Å². The molecule has 4 rings (SSSR count). The number of amides is 1. The van der Waals surface area contributed by atoms with Gasteiger partial charge >= 0.3 is 0 Å². The summed E-state index contributed by atoms with van der Waals surface area (Å²) in [7, 11) is 0. The van der Waals surface area contributed by atoms with Gasteiger partial charge in [0.25, 0.3) is 0 Å². The van der Waals surface area contributed by atoms with Crippen LogP contribution in [0.3, 0.4) is 0 Å². The Morgan fingerprint density at radius 1 is 1.29 bits per heavy atom. The Bertz CT molecular complexity index is 847. The molecule has 3 heterocycles. The standard InChI is InChI=1S/C23H31N3O4S/c1-2-30-21-6-4-3-5-19(21)23-25-18(16-31-23)13-22(27)24-14-20(17-7-10-29-15-17)26-8-11-28-12-9-26/h3-6,16-17,20H,2,7-15H2,1H3,(H,24,27). The first kappa shape index (κ1) is 22.2. The molecule has 7 nitrogen and oxygen atoms in total. The van der Waals surface area contributed by atoms with Gasteiger partial charge in [-0.3, -0.25) is 9.69 Å². The van der Waals surface area contributed by atoms with E-state index < -0.39 is 0 Å². The largest absolute Gasteiger partial charge is 0.493 e. The number of nitrogens with one attached hydrogen (secondary N) is 1. The molecule has 0 bridgehead atoms. The molecule has 2 unspecified atom stereocenters. The van der Waals surface area contributed by atoms with Crippen molar-refractivity contribution in [3.63, 3.8) is 0 Å². The molecule has 2 aromatic rings. The summed E-state index contributed by atoms with van der Waals surface area (Å²) in [5, 5.41) is 5.99. The molecule has 0 aliphatic carbocycles.